The number of ether oxygens (including phenoxy) is 1. The third kappa shape index (κ3) is 0.447. The van der Waals surface area contributed by atoms with E-state index < -0.39 is 0 Å². The molecule has 3 aliphatic rings. The average molecular weight is 140 g/mol. The van der Waals surface area contributed by atoms with Gasteiger partial charge in [-0.3, -0.25) is 4.90 Å². The minimum absolute atomic E-state index is 0.312. The molecule has 3 nitrogen and oxygen atoms in total. The molecule has 0 spiro atoms. The van der Waals surface area contributed by atoms with Crippen molar-refractivity contribution in [2.24, 2.45) is 5.73 Å². The zero-order valence-corrected chi connectivity index (χ0v) is 5.86. The molecule has 3 saturated heterocycles. The molecule has 10 heavy (non-hydrogen) atoms. The summed E-state index contributed by atoms with van der Waals surface area (Å²) in [7, 11) is 0. The molecule has 0 saturated carbocycles. The Morgan fingerprint density at radius 1 is 1.40 bits per heavy atom. The first kappa shape index (κ1) is 5.52. The minimum atomic E-state index is 0.312. The van der Waals surface area contributed by atoms with E-state index in [0.29, 0.717) is 24.3 Å². The van der Waals surface area contributed by atoms with Crippen molar-refractivity contribution in [3.8, 4) is 0 Å². The molecule has 0 aromatic rings. The lowest BCUT2D eigenvalue weighted by Gasteiger charge is -2.21. The fraction of sp³-hybridized carbons (Fsp3) is 1.00. The highest BCUT2D eigenvalue weighted by molar-refractivity contribution is 5.10. The fourth-order valence-electron chi connectivity index (χ4n) is 2.63. The highest BCUT2D eigenvalue weighted by Gasteiger charge is 2.55. The summed E-state index contributed by atoms with van der Waals surface area (Å²) in [6, 6.07) is 0.887. The molecular formula is C7H12N2O. The van der Waals surface area contributed by atoms with Crippen molar-refractivity contribution in [1.82, 2.24) is 4.90 Å². The number of nitrogens with zero attached hydrogens (tertiary/aromatic N) is 1. The van der Waals surface area contributed by atoms with Gasteiger partial charge < -0.3 is 10.5 Å². The van der Waals surface area contributed by atoms with E-state index in [0.717, 1.165) is 6.54 Å². The van der Waals surface area contributed by atoms with Crippen molar-refractivity contribution in [2.75, 3.05) is 13.1 Å². The van der Waals surface area contributed by atoms with Gasteiger partial charge in [-0.05, 0) is 6.42 Å². The van der Waals surface area contributed by atoms with E-state index in [1.165, 1.54) is 13.0 Å². The van der Waals surface area contributed by atoms with E-state index in [2.05, 4.69) is 4.90 Å². The molecule has 4 atom stereocenters. The van der Waals surface area contributed by atoms with Gasteiger partial charge in [0.15, 0.2) is 0 Å². The molecule has 0 amide bonds. The standard InChI is InChI=1S/C7H12N2O/c8-6-5-3-9-2-1-4(10-5)7(6)9/h4-7H,1-3,8H2/t4-,5+,6-,7+/m0/s1. The maximum absolute atomic E-state index is 5.94. The Kier molecular flexibility index (Phi) is 0.854. The number of hydrogen-bond donors (Lipinski definition) is 1. The monoisotopic (exact) mass is 140 g/mol. The first-order valence-corrected chi connectivity index (χ1v) is 4.01. The highest BCUT2D eigenvalue weighted by atomic mass is 16.5. The second kappa shape index (κ2) is 1.55. The Labute approximate surface area is 60.1 Å². The smallest absolute Gasteiger partial charge is 0.0873 e. The van der Waals surface area contributed by atoms with Crippen molar-refractivity contribution < 1.29 is 4.74 Å². The van der Waals surface area contributed by atoms with Crippen molar-refractivity contribution in [3.05, 3.63) is 0 Å². The quantitative estimate of drug-likeness (QED) is 0.477. The van der Waals surface area contributed by atoms with Crippen LogP contribution in [0.4, 0.5) is 0 Å². The van der Waals surface area contributed by atoms with Crippen molar-refractivity contribution in [2.45, 2.75) is 30.7 Å². The molecule has 2 bridgehead atoms. The number of fused-ring (bicyclic) bond motifs is 1. The molecule has 0 aliphatic carbocycles. The van der Waals surface area contributed by atoms with Crippen LogP contribution in [-0.2, 0) is 4.74 Å². The molecule has 0 aromatic carbocycles. The van der Waals surface area contributed by atoms with E-state index >= 15 is 0 Å². The van der Waals surface area contributed by atoms with E-state index in [1.54, 1.807) is 0 Å². The Bertz CT molecular complexity index is 156. The Hall–Kier alpha value is -0.120. The van der Waals surface area contributed by atoms with Gasteiger partial charge in [-0.1, -0.05) is 0 Å². The molecule has 3 aliphatic heterocycles. The molecule has 2 N–H and O–H groups in total. The summed E-state index contributed by atoms with van der Waals surface area (Å²) < 4.78 is 5.70. The molecule has 0 aromatic heterocycles. The maximum atomic E-state index is 5.94. The van der Waals surface area contributed by atoms with Crippen LogP contribution in [-0.4, -0.2) is 42.3 Å². The first-order valence-electron chi connectivity index (χ1n) is 4.01. The minimum Gasteiger partial charge on any atom is -0.370 e. The van der Waals surface area contributed by atoms with Gasteiger partial charge in [-0.2, -0.15) is 0 Å². The Morgan fingerprint density at radius 3 is 2.90 bits per heavy atom. The van der Waals surface area contributed by atoms with Gasteiger partial charge in [-0.15, -0.1) is 0 Å². The van der Waals surface area contributed by atoms with Crippen LogP contribution in [0.3, 0.4) is 0 Å². The summed E-state index contributed by atoms with van der Waals surface area (Å²) in [4.78, 5) is 2.48. The van der Waals surface area contributed by atoms with Crippen LogP contribution < -0.4 is 5.73 Å². The number of hydrogen-bond acceptors (Lipinski definition) is 3. The topological polar surface area (TPSA) is 38.5 Å². The predicted molar refractivity (Wildman–Crippen MR) is 36.6 cm³/mol. The summed E-state index contributed by atoms with van der Waals surface area (Å²) in [6.07, 6.45) is 2.04. The van der Waals surface area contributed by atoms with E-state index in [-0.39, 0.29) is 0 Å². The number of rotatable bonds is 0. The second-order valence-corrected chi connectivity index (χ2v) is 3.56. The van der Waals surface area contributed by atoms with Crippen LogP contribution in [0.25, 0.3) is 0 Å². The molecule has 0 radical (unpaired) electrons. The number of nitrogens with two attached hydrogens (primary N) is 1. The van der Waals surface area contributed by atoms with E-state index in [4.69, 9.17) is 10.5 Å². The summed E-state index contributed by atoms with van der Waals surface area (Å²) in [5.41, 5.74) is 5.94. The van der Waals surface area contributed by atoms with Gasteiger partial charge in [0.2, 0.25) is 0 Å². The predicted octanol–water partition coefficient (Wildman–Crippen LogP) is -0.831. The lowest BCUT2D eigenvalue weighted by atomic mass is 10.1. The van der Waals surface area contributed by atoms with Crippen LogP contribution in [0.1, 0.15) is 6.42 Å². The molecule has 56 valence electrons. The molecular weight excluding hydrogens is 128 g/mol. The third-order valence-corrected chi connectivity index (χ3v) is 3.09. The van der Waals surface area contributed by atoms with E-state index in [9.17, 15) is 0 Å². The van der Waals surface area contributed by atoms with Crippen LogP contribution in [0, 0.1) is 0 Å². The Morgan fingerprint density at radius 2 is 2.30 bits per heavy atom. The van der Waals surface area contributed by atoms with Crippen molar-refractivity contribution >= 4 is 0 Å². The first-order chi connectivity index (χ1) is 4.86. The zero-order chi connectivity index (χ0) is 6.72. The second-order valence-electron chi connectivity index (χ2n) is 3.56. The Balaban J connectivity index is 2.01. The molecule has 0 unspecified atom stereocenters. The molecule has 3 heteroatoms. The van der Waals surface area contributed by atoms with Crippen molar-refractivity contribution in [1.29, 1.82) is 0 Å². The van der Waals surface area contributed by atoms with Gasteiger partial charge in [0, 0.05) is 13.1 Å². The van der Waals surface area contributed by atoms with Gasteiger partial charge in [0.05, 0.1) is 24.3 Å². The van der Waals surface area contributed by atoms with Crippen LogP contribution in [0.15, 0.2) is 0 Å². The van der Waals surface area contributed by atoms with Crippen LogP contribution in [0.2, 0.25) is 0 Å². The fourth-order valence-corrected chi connectivity index (χ4v) is 2.63. The molecule has 3 rings (SSSR count). The van der Waals surface area contributed by atoms with Crippen molar-refractivity contribution in [3.63, 3.8) is 0 Å². The third-order valence-electron chi connectivity index (χ3n) is 3.09. The SMILES string of the molecule is N[C@@H]1[C@H]2[C@@H]3CCN2C[C@H]1O3. The molecule has 3 fully saturated rings. The summed E-state index contributed by atoms with van der Waals surface area (Å²) in [6.45, 7) is 2.29. The maximum Gasteiger partial charge on any atom is 0.0873 e. The van der Waals surface area contributed by atoms with Gasteiger partial charge >= 0.3 is 0 Å². The highest BCUT2D eigenvalue weighted by Crippen LogP contribution is 2.38. The number of morpholine rings is 1. The molecule has 3 heterocycles. The lowest BCUT2D eigenvalue weighted by molar-refractivity contribution is 0.00885. The lowest BCUT2D eigenvalue weighted by Crippen LogP contribution is -2.38. The van der Waals surface area contributed by atoms with E-state index in [1.807, 2.05) is 0 Å². The van der Waals surface area contributed by atoms with Gasteiger partial charge in [0.25, 0.3) is 0 Å². The average Bonchev–Trinajstić information content (AvgIpc) is 2.44. The normalized spacial score (nSPS) is 58.5. The largest absolute Gasteiger partial charge is 0.370 e. The summed E-state index contributed by atoms with van der Waals surface area (Å²) in [5.74, 6) is 0. The summed E-state index contributed by atoms with van der Waals surface area (Å²) >= 11 is 0. The van der Waals surface area contributed by atoms with Gasteiger partial charge in [0.1, 0.15) is 0 Å². The van der Waals surface area contributed by atoms with Gasteiger partial charge in [-0.25, -0.2) is 0 Å². The van der Waals surface area contributed by atoms with Crippen LogP contribution >= 0.6 is 0 Å². The zero-order valence-electron chi connectivity index (χ0n) is 5.86. The summed E-state index contributed by atoms with van der Waals surface area (Å²) in [5, 5.41) is 0. The van der Waals surface area contributed by atoms with Crippen LogP contribution in [0.5, 0.6) is 0 Å².